The molecule has 0 amide bonds. The first-order valence-electron chi connectivity index (χ1n) is 12.9. The fourth-order valence-electron chi connectivity index (χ4n) is 4.67. The number of nitrogens with two attached hydrogens (primary N) is 2. The first-order chi connectivity index (χ1) is 17.3. The zero-order valence-electron chi connectivity index (χ0n) is 22.1. The van der Waals surface area contributed by atoms with Gasteiger partial charge in [-0.25, -0.2) is 4.98 Å². The molecule has 36 heavy (non-hydrogen) atoms. The minimum absolute atomic E-state index is 0.267. The first kappa shape index (κ1) is 27.2. The third-order valence-corrected chi connectivity index (χ3v) is 6.85. The van der Waals surface area contributed by atoms with Crippen LogP contribution in [0.25, 0.3) is 16.6 Å². The van der Waals surface area contributed by atoms with Crippen LogP contribution in [0.4, 0.5) is 5.82 Å². The van der Waals surface area contributed by atoms with Crippen LogP contribution in [0.15, 0.2) is 54.3 Å². The van der Waals surface area contributed by atoms with Gasteiger partial charge in [-0.1, -0.05) is 20.3 Å². The number of hydrogen-bond acceptors (Lipinski definition) is 8. The van der Waals surface area contributed by atoms with Crippen LogP contribution < -0.4 is 22.1 Å². The molecule has 1 fully saturated rings. The molecule has 7 N–H and O–H groups in total. The number of likely N-dealkylation sites (tertiary alicyclic amines) is 1. The number of rotatable bonds is 11. The minimum Gasteiger partial charge on any atom is -0.404 e. The van der Waals surface area contributed by atoms with Crippen molar-refractivity contribution >= 4 is 28.6 Å². The third kappa shape index (κ3) is 7.31. The van der Waals surface area contributed by atoms with Crippen molar-refractivity contribution in [1.82, 2.24) is 20.2 Å². The molecule has 1 saturated heterocycles. The highest BCUT2D eigenvalue weighted by Gasteiger charge is 2.23. The van der Waals surface area contributed by atoms with E-state index in [1.165, 1.54) is 25.5 Å². The third-order valence-electron chi connectivity index (χ3n) is 6.85. The molecule has 2 aromatic heterocycles. The number of anilines is 1. The summed E-state index contributed by atoms with van der Waals surface area (Å²) in [6, 6.07) is 7.02. The average Bonchev–Trinajstić information content (AvgIpc) is 2.85. The molecule has 8 nitrogen and oxygen atoms in total. The molecule has 0 aliphatic carbocycles. The number of fused-ring (bicyclic) bond motifs is 1. The molecular weight excluding hydrogens is 448 g/mol. The molecule has 1 aliphatic rings. The molecule has 0 saturated carbocycles. The van der Waals surface area contributed by atoms with E-state index in [2.05, 4.69) is 53.2 Å². The van der Waals surface area contributed by atoms with E-state index >= 15 is 0 Å². The Balaban J connectivity index is 1.65. The number of nitrogens with zero attached hydrogens (tertiary/aromatic N) is 3. The molecule has 0 spiro atoms. The lowest BCUT2D eigenvalue weighted by atomic mass is 9.97. The van der Waals surface area contributed by atoms with E-state index in [9.17, 15) is 0 Å². The standard InChI is InChI=1S/C28H42N8/c1-19(2)22(15-29)14-27(31)35-28-10-9-25-26(34-28)13-23(18-33-25)24(16-30)17-32-11-6-12-36-20(3)7-5-8-21(36)4/h9-10,13-21,30,32H,5-8,11-12,29,31H2,1-4H3,(H,34,35)/b22-15+,24-17+,27-14+,30-16?/t20-,21?/m0/s1. The molecule has 1 unspecified atom stereocenters. The summed E-state index contributed by atoms with van der Waals surface area (Å²) in [7, 11) is 0. The van der Waals surface area contributed by atoms with Gasteiger partial charge in [0.25, 0.3) is 0 Å². The van der Waals surface area contributed by atoms with Gasteiger partial charge in [-0.2, -0.15) is 0 Å². The highest BCUT2D eigenvalue weighted by Crippen LogP contribution is 2.22. The van der Waals surface area contributed by atoms with Crippen molar-refractivity contribution in [2.75, 3.05) is 18.4 Å². The lowest BCUT2D eigenvalue weighted by Gasteiger charge is -2.39. The largest absolute Gasteiger partial charge is 0.404 e. The predicted octanol–water partition coefficient (Wildman–Crippen LogP) is 4.57. The quantitative estimate of drug-likeness (QED) is 0.177. The molecule has 2 aromatic rings. The van der Waals surface area contributed by atoms with Gasteiger partial charge in [0.15, 0.2) is 0 Å². The molecule has 3 rings (SSSR count). The lowest BCUT2D eigenvalue weighted by Crippen LogP contribution is -2.44. The van der Waals surface area contributed by atoms with Gasteiger partial charge in [0.05, 0.1) is 11.0 Å². The number of hydrogen-bond donors (Lipinski definition) is 5. The van der Waals surface area contributed by atoms with Gasteiger partial charge in [-0.05, 0) is 75.1 Å². The van der Waals surface area contributed by atoms with Gasteiger partial charge in [-0.15, -0.1) is 0 Å². The van der Waals surface area contributed by atoms with E-state index in [0.717, 1.165) is 47.3 Å². The predicted molar refractivity (Wildman–Crippen MR) is 151 cm³/mol. The van der Waals surface area contributed by atoms with Crippen molar-refractivity contribution in [2.24, 2.45) is 17.4 Å². The Kier molecular flexibility index (Phi) is 9.87. The van der Waals surface area contributed by atoms with E-state index in [-0.39, 0.29) is 5.92 Å². The fourth-order valence-corrected chi connectivity index (χ4v) is 4.67. The van der Waals surface area contributed by atoms with Crippen LogP contribution in [0, 0.1) is 11.3 Å². The summed E-state index contributed by atoms with van der Waals surface area (Å²) in [5.41, 5.74) is 15.9. The minimum atomic E-state index is 0.267. The Morgan fingerprint density at radius 2 is 1.97 bits per heavy atom. The van der Waals surface area contributed by atoms with E-state index in [4.69, 9.17) is 16.9 Å². The van der Waals surface area contributed by atoms with Crippen molar-refractivity contribution in [3.05, 3.63) is 59.8 Å². The van der Waals surface area contributed by atoms with Crippen LogP contribution in [0.3, 0.4) is 0 Å². The number of allylic oxidation sites excluding steroid dienone is 3. The molecule has 1 aliphatic heterocycles. The molecule has 194 valence electrons. The van der Waals surface area contributed by atoms with Gasteiger partial charge in [-0.3, -0.25) is 9.88 Å². The fraction of sp³-hybridized carbons (Fsp3) is 0.464. The Morgan fingerprint density at radius 1 is 1.22 bits per heavy atom. The summed E-state index contributed by atoms with van der Waals surface area (Å²) in [4.78, 5) is 11.8. The lowest BCUT2D eigenvalue weighted by molar-refractivity contribution is 0.102. The van der Waals surface area contributed by atoms with Gasteiger partial charge >= 0.3 is 0 Å². The van der Waals surface area contributed by atoms with Crippen LogP contribution in [0.5, 0.6) is 0 Å². The van der Waals surface area contributed by atoms with Crippen molar-refractivity contribution in [3.63, 3.8) is 0 Å². The summed E-state index contributed by atoms with van der Waals surface area (Å²) in [5.74, 6) is 1.35. The summed E-state index contributed by atoms with van der Waals surface area (Å²) in [6.07, 6.45) is 13.4. The maximum absolute atomic E-state index is 7.91. The van der Waals surface area contributed by atoms with Crippen LogP contribution in [0.2, 0.25) is 0 Å². The molecule has 3 heterocycles. The number of nitrogens with one attached hydrogen (secondary N) is 3. The molecule has 8 heteroatoms. The molecule has 0 aromatic carbocycles. The summed E-state index contributed by atoms with van der Waals surface area (Å²) in [5, 5.41) is 14.4. The zero-order chi connectivity index (χ0) is 26.1. The monoisotopic (exact) mass is 490 g/mol. The highest BCUT2D eigenvalue weighted by molar-refractivity contribution is 6.08. The highest BCUT2D eigenvalue weighted by atomic mass is 15.2. The van der Waals surface area contributed by atoms with Crippen molar-refractivity contribution in [1.29, 1.82) is 5.41 Å². The van der Waals surface area contributed by atoms with Gasteiger partial charge in [0.2, 0.25) is 0 Å². The molecule has 0 bridgehead atoms. The Hall–Kier alpha value is -3.39. The van der Waals surface area contributed by atoms with Gasteiger partial charge in [0, 0.05) is 54.9 Å². The zero-order valence-corrected chi connectivity index (χ0v) is 22.1. The molecular formula is C28H42N8. The summed E-state index contributed by atoms with van der Waals surface area (Å²) >= 11 is 0. The second kappa shape index (κ2) is 13.1. The topological polar surface area (TPSA) is 129 Å². The second-order valence-corrected chi connectivity index (χ2v) is 9.92. The van der Waals surface area contributed by atoms with Crippen molar-refractivity contribution in [3.8, 4) is 0 Å². The van der Waals surface area contributed by atoms with Crippen molar-refractivity contribution in [2.45, 2.75) is 65.5 Å². The van der Waals surface area contributed by atoms with Gasteiger partial charge < -0.3 is 27.5 Å². The number of aromatic nitrogens is 2. The SMILES string of the molecule is CC(C)C(=C/N)/C=C(\N)Nc1ccc2ncc(/C(C=N)=C/NCCCN3C(C)CCC[C@@H]3C)cc2n1. The van der Waals surface area contributed by atoms with Crippen LogP contribution in [-0.2, 0) is 0 Å². The van der Waals surface area contributed by atoms with E-state index in [1.54, 1.807) is 12.4 Å². The maximum Gasteiger partial charge on any atom is 0.132 e. The number of piperidine rings is 1. The smallest absolute Gasteiger partial charge is 0.132 e. The van der Waals surface area contributed by atoms with Crippen LogP contribution in [0.1, 0.15) is 58.9 Å². The maximum atomic E-state index is 7.91. The molecule has 0 radical (unpaired) electrons. The average molecular weight is 491 g/mol. The Labute approximate surface area is 215 Å². The van der Waals surface area contributed by atoms with Crippen LogP contribution >= 0.6 is 0 Å². The Morgan fingerprint density at radius 3 is 2.64 bits per heavy atom. The summed E-state index contributed by atoms with van der Waals surface area (Å²) < 4.78 is 0. The molecule has 2 atom stereocenters. The van der Waals surface area contributed by atoms with Crippen molar-refractivity contribution < 1.29 is 0 Å². The first-order valence-corrected chi connectivity index (χ1v) is 12.9. The number of pyridine rings is 2. The van der Waals surface area contributed by atoms with Crippen LogP contribution in [-0.4, -0.2) is 46.3 Å². The normalized spacial score (nSPS) is 20.1. The van der Waals surface area contributed by atoms with E-state index < -0.39 is 0 Å². The second-order valence-electron chi connectivity index (χ2n) is 9.92. The van der Waals surface area contributed by atoms with Gasteiger partial charge in [0.1, 0.15) is 11.6 Å². The van der Waals surface area contributed by atoms with E-state index in [1.807, 2.05) is 30.5 Å². The van der Waals surface area contributed by atoms with E-state index in [0.29, 0.717) is 23.7 Å². The Bertz CT molecular complexity index is 1110. The summed E-state index contributed by atoms with van der Waals surface area (Å²) in [6.45, 7) is 10.7.